The predicted octanol–water partition coefficient (Wildman–Crippen LogP) is 1.15. The van der Waals surface area contributed by atoms with Crippen molar-refractivity contribution < 1.29 is 4.42 Å². The molecule has 19 heavy (non-hydrogen) atoms. The summed E-state index contributed by atoms with van der Waals surface area (Å²) in [4.78, 5) is 38.9. The summed E-state index contributed by atoms with van der Waals surface area (Å²) < 4.78 is 4.87. The molecule has 0 amide bonds. The van der Waals surface area contributed by atoms with Gasteiger partial charge in [-0.1, -0.05) is 20.3 Å². The second kappa shape index (κ2) is 5.26. The Morgan fingerprint density at radius 2 is 2.00 bits per heavy atom. The van der Waals surface area contributed by atoms with Crippen LogP contribution in [0.25, 0.3) is 11.1 Å². The summed E-state index contributed by atoms with van der Waals surface area (Å²) in [5, 5.41) is 0.252. The topological polar surface area (TPSA) is 95.9 Å². The highest BCUT2D eigenvalue weighted by Gasteiger charge is 2.11. The van der Waals surface area contributed by atoms with E-state index in [4.69, 9.17) is 4.42 Å². The van der Waals surface area contributed by atoms with E-state index in [0.717, 1.165) is 12.8 Å². The second-order valence-corrected chi connectivity index (χ2v) is 4.76. The molecule has 0 saturated carbocycles. The Morgan fingerprint density at radius 3 is 2.68 bits per heavy atom. The van der Waals surface area contributed by atoms with Crippen LogP contribution >= 0.6 is 0 Å². The fourth-order valence-corrected chi connectivity index (χ4v) is 1.98. The van der Waals surface area contributed by atoms with Gasteiger partial charge in [-0.05, 0) is 24.3 Å². The van der Waals surface area contributed by atoms with E-state index in [2.05, 4.69) is 23.8 Å². The lowest BCUT2D eigenvalue weighted by Gasteiger charge is -2.08. The Morgan fingerprint density at radius 1 is 1.26 bits per heavy atom. The van der Waals surface area contributed by atoms with E-state index in [1.54, 1.807) is 0 Å². The summed E-state index contributed by atoms with van der Waals surface area (Å²) in [6, 6.07) is 1.32. The third kappa shape index (κ3) is 2.83. The second-order valence-electron chi connectivity index (χ2n) is 4.76. The molecule has 2 rings (SSSR count). The van der Waals surface area contributed by atoms with Crippen LogP contribution in [0.4, 0.5) is 0 Å². The minimum Gasteiger partial charge on any atom is -0.405 e. The average molecular weight is 264 g/mol. The van der Waals surface area contributed by atoms with E-state index in [1.807, 2.05) is 0 Å². The normalized spacial score (nSPS) is 12.7. The van der Waals surface area contributed by atoms with Gasteiger partial charge in [0.15, 0.2) is 0 Å². The number of nitrogens with one attached hydrogen (secondary N) is 2. The first kappa shape index (κ1) is 13.3. The maximum atomic E-state index is 11.8. The van der Waals surface area contributed by atoms with Crippen LogP contribution in [0.2, 0.25) is 0 Å². The van der Waals surface area contributed by atoms with E-state index in [1.165, 1.54) is 6.07 Å². The Hall–Kier alpha value is -2.11. The van der Waals surface area contributed by atoms with E-state index < -0.39 is 16.9 Å². The van der Waals surface area contributed by atoms with E-state index in [9.17, 15) is 14.4 Å². The zero-order chi connectivity index (χ0) is 14.0. The van der Waals surface area contributed by atoms with Gasteiger partial charge in [-0.15, -0.1) is 0 Å². The molecule has 0 aliphatic carbocycles. The highest BCUT2D eigenvalue weighted by atomic mass is 16.4. The summed E-state index contributed by atoms with van der Waals surface area (Å²) in [6.45, 7) is 4.20. The molecular formula is C13H16N2O4. The lowest BCUT2D eigenvalue weighted by atomic mass is 9.98. The average Bonchev–Trinajstić information content (AvgIpc) is 2.34. The Balaban J connectivity index is 2.57. The SMILES string of the molecule is CC[C@@H](C)CCc1cc(=O)oc2[nH]c(=O)[nH]c(=O)c12. The number of rotatable bonds is 4. The van der Waals surface area contributed by atoms with Crippen LogP contribution in [0.5, 0.6) is 0 Å². The first-order chi connectivity index (χ1) is 9.01. The van der Waals surface area contributed by atoms with Crippen LogP contribution < -0.4 is 16.9 Å². The molecule has 0 bridgehead atoms. The molecule has 0 spiro atoms. The maximum absolute atomic E-state index is 11.8. The Kier molecular flexibility index (Phi) is 3.69. The molecule has 0 aromatic carbocycles. The van der Waals surface area contributed by atoms with E-state index >= 15 is 0 Å². The van der Waals surface area contributed by atoms with Crippen LogP contribution in [0, 0.1) is 5.92 Å². The highest BCUT2D eigenvalue weighted by molar-refractivity contribution is 5.75. The van der Waals surface area contributed by atoms with Gasteiger partial charge in [0.05, 0.1) is 0 Å². The van der Waals surface area contributed by atoms with Crippen molar-refractivity contribution in [3.05, 3.63) is 42.9 Å². The maximum Gasteiger partial charge on any atom is 0.337 e. The van der Waals surface area contributed by atoms with Crippen molar-refractivity contribution in [2.45, 2.75) is 33.1 Å². The molecule has 0 aliphatic heterocycles. The van der Waals surface area contributed by atoms with Crippen molar-refractivity contribution in [1.29, 1.82) is 0 Å². The van der Waals surface area contributed by atoms with Gasteiger partial charge in [0.25, 0.3) is 5.56 Å². The molecule has 0 aliphatic rings. The number of fused-ring (bicyclic) bond motifs is 1. The molecule has 2 heterocycles. The van der Waals surface area contributed by atoms with Crippen molar-refractivity contribution in [1.82, 2.24) is 9.97 Å². The predicted molar refractivity (Wildman–Crippen MR) is 71.5 cm³/mol. The molecule has 0 fully saturated rings. The molecule has 6 heteroatoms. The van der Waals surface area contributed by atoms with Crippen molar-refractivity contribution in [2.75, 3.05) is 0 Å². The first-order valence-corrected chi connectivity index (χ1v) is 6.30. The van der Waals surface area contributed by atoms with Gasteiger partial charge < -0.3 is 4.42 Å². The largest absolute Gasteiger partial charge is 0.405 e. The van der Waals surface area contributed by atoms with Gasteiger partial charge in [0.2, 0.25) is 5.71 Å². The van der Waals surface area contributed by atoms with Crippen LogP contribution in [-0.4, -0.2) is 9.97 Å². The minimum atomic E-state index is -0.681. The van der Waals surface area contributed by atoms with Crippen molar-refractivity contribution in [3.63, 3.8) is 0 Å². The molecule has 0 unspecified atom stereocenters. The quantitative estimate of drug-likeness (QED) is 0.865. The highest BCUT2D eigenvalue weighted by Crippen LogP contribution is 2.15. The molecule has 0 radical (unpaired) electrons. The van der Waals surface area contributed by atoms with Gasteiger partial charge >= 0.3 is 11.3 Å². The number of aromatic amines is 2. The number of hydrogen-bond acceptors (Lipinski definition) is 4. The smallest absolute Gasteiger partial charge is 0.337 e. The van der Waals surface area contributed by atoms with Gasteiger partial charge in [-0.25, -0.2) is 9.59 Å². The molecular weight excluding hydrogens is 248 g/mol. The molecule has 102 valence electrons. The molecule has 2 aromatic heterocycles. The third-order valence-corrected chi connectivity index (χ3v) is 3.33. The van der Waals surface area contributed by atoms with Crippen LogP contribution in [0.1, 0.15) is 32.3 Å². The molecule has 2 N–H and O–H groups in total. The van der Waals surface area contributed by atoms with Crippen LogP contribution in [0.15, 0.2) is 24.9 Å². The summed E-state index contributed by atoms with van der Waals surface area (Å²) in [5.74, 6) is 0.504. The lowest BCUT2D eigenvalue weighted by molar-refractivity contribution is 0.511. The van der Waals surface area contributed by atoms with E-state index in [0.29, 0.717) is 17.9 Å². The number of aryl methyl sites for hydroxylation is 1. The van der Waals surface area contributed by atoms with Crippen LogP contribution in [0.3, 0.4) is 0 Å². The monoisotopic (exact) mass is 264 g/mol. The number of aromatic nitrogens is 2. The summed E-state index contributed by atoms with van der Waals surface area (Å²) >= 11 is 0. The Bertz CT molecular complexity index is 748. The molecule has 6 nitrogen and oxygen atoms in total. The fourth-order valence-electron chi connectivity index (χ4n) is 1.98. The first-order valence-electron chi connectivity index (χ1n) is 6.30. The zero-order valence-corrected chi connectivity index (χ0v) is 10.9. The minimum absolute atomic E-state index is 0.0552. The lowest BCUT2D eigenvalue weighted by Crippen LogP contribution is -2.24. The van der Waals surface area contributed by atoms with Gasteiger partial charge in [-0.2, -0.15) is 0 Å². The third-order valence-electron chi connectivity index (χ3n) is 3.33. The van der Waals surface area contributed by atoms with Gasteiger partial charge in [0.1, 0.15) is 5.39 Å². The summed E-state index contributed by atoms with van der Waals surface area (Å²) in [6.07, 6.45) is 2.51. The summed E-state index contributed by atoms with van der Waals surface area (Å²) in [7, 11) is 0. The van der Waals surface area contributed by atoms with Crippen LogP contribution in [-0.2, 0) is 6.42 Å². The van der Waals surface area contributed by atoms with Crippen molar-refractivity contribution in [2.24, 2.45) is 5.92 Å². The van der Waals surface area contributed by atoms with E-state index in [-0.39, 0.29) is 11.1 Å². The number of H-pyrrole nitrogens is 2. The molecule has 0 saturated heterocycles. The Labute approximate surface area is 108 Å². The van der Waals surface area contributed by atoms with Crippen molar-refractivity contribution in [3.8, 4) is 0 Å². The summed E-state index contributed by atoms with van der Waals surface area (Å²) in [5.41, 5.74) is -1.21. The standard InChI is InChI=1S/C13H16N2O4/c1-3-7(2)4-5-8-6-9(16)19-12-10(8)11(17)14-13(18)15-12/h6-7H,3-5H2,1-2H3,(H2,14,15,17,18)/t7-/m1/s1. The van der Waals surface area contributed by atoms with Crippen molar-refractivity contribution >= 4 is 11.1 Å². The zero-order valence-electron chi connectivity index (χ0n) is 10.9. The van der Waals surface area contributed by atoms with Gasteiger partial charge in [0, 0.05) is 6.07 Å². The van der Waals surface area contributed by atoms with Gasteiger partial charge in [-0.3, -0.25) is 14.8 Å². The fraction of sp³-hybridized carbons (Fsp3) is 0.462. The molecule has 2 aromatic rings. The number of hydrogen-bond donors (Lipinski definition) is 2. The molecule has 1 atom stereocenters.